The van der Waals surface area contributed by atoms with E-state index in [0.29, 0.717) is 12.0 Å². The molecule has 2 atom stereocenters. The van der Waals surface area contributed by atoms with Crippen molar-refractivity contribution in [2.24, 2.45) is 13.0 Å². The summed E-state index contributed by atoms with van der Waals surface area (Å²) in [6.07, 6.45) is 2.77. The largest absolute Gasteiger partial charge is 0.382 e. The van der Waals surface area contributed by atoms with Gasteiger partial charge in [0.1, 0.15) is 6.33 Å². The molecule has 5 nitrogen and oxygen atoms in total. The van der Waals surface area contributed by atoms with Crippen LogP contribution < -0.4 is 5.32 Å². The second-order valence-electron chi connectivity index (χ2n) is 5.41. The van der Waals surface area contributed by atoms with Gasteiger partial charge < -0.3 is 10.1 Å². The summed E-state index contributed by atoms with van der Waals surface area (Å²) in [7, 11) is 1.88. The SMILES string of the molecule is CC1COCCC1Nc1cccc(-c2ncn(C)n2)c1. The first-order valence-electron chi connectivity index (χ1n) is 7.03. The van der Waals surface area contributed by atoms with E-state index < -0.39 is 0 Å². The minimum atomic E-state index is 0.468. The monoisotopic (exact) mass is 272 g/mol. The van der Waals surface area contributed by atoms with Gasteiger partial charge in [0.25, 0.3) is 0 Å². The van der Waals surface area contributed by atoms with Crippen LogP contribution in [0.3, 0.4) is 0 Å². The highest BCUT2D eigenvalue weighted by atomic mass is 16.5. The van der Waals surface area contributed by atoms with Crippen molar-refractivity contribution in [2.45, 2.75) is 19.4 Å². The van der Waals surface area contributed by atoms with E-state index in [1.807, 2.05) is 19.2 Å². The predicted molar refractivity (Wildman–Crippen MR) is 78.4 cm³/mol. The van der Waals surface area contributed by atoms with E-state index in [0.717, 1.165) is 36.7 Å². The van der Waals surface area contributed by atoms with Gasteiger partial charge in [-0.2, -0.15) is 5.10 Å². The van der Waals surface area contributed by atoms with Gasteiger partial charge in [0.15, 0.2) is 5.82 Å². The van der Waals surface area contributed by atoms with Crippen molar-refractivity contribution >= 4 is 5.69 Å². The molecule has 1 saturated heterocycles. The smallest absolute Gasteiger partial charge is 0.181 e. The third-order valence-corrected chi connectivity index (χ3v) is 3.71. The van der Waals surface area contributed by atoms with Crippen LogP contribution in [-0.4, -0.2) is 34.0 Å². The van der Waals surface area contributed by atoms with Crippen LogP contribution in [0.25, 0.3) is 11.4 Å². The lowest BCUT2D eigenvalue weighted by molar-refractivity contribution is 0.0538. The van der Waals surface area contributed by atoms with E-state index >= 15 is 0 Å². The van der Waals surface area contributed by atoms with Crippen LogP contribution in [0.4, 0.5) is 5.69 Å². The maximum absolute atomic E-state index is 5.48. The van der Waals surface area contributed by atoms with Gasteiger partial charge >= 0.3 is 0 Å². The van der Waals surface area contributed by atoms with E-state index in [2.05, 4.69) is 34.5 Å². The molecule has 0 aliphatic carbocycles. The Labute approximate surface area is 119 Å². The minimum Gasteiger partial charge on any atom is -0.382 e. The van der Waals surface area contributed by atoms with Gasteiger partial charge in [0.05, 0.1) is 6.61 Å². The fourth-order valence-electron chi connectivity index (χ4n) is 2.53. The molecule has 5 heteroatoms. The number of hydrogen-bond acceptors (Lipinski definition) is 4. The molecule has 1 aromatic heterocycles. The summed E-state index contributed by atoms with van der Waals surface area (Å²) in [5.41, 5.74) is 2.16. The van der Waals surface area contributed by atoms with Gasteiger partial charge in [-0.15, -0.1) is 0 Å². The molecular formula is C15H20N4O. The maximum Gasteiger partial charge on any atom is 0.181 e. The zero-order valence-electron chi connectivity index (χ0n) is 11.9. The third kappa shape index (κ3) is 2.82. The van der Waals surface area contributed by atoms with Crippen molar-refractivity contribution in [1.82, 2.24) is 14.8 Å². The summed E-state index contributed by atoms with van der Waals surface area (Å²) in [6.45, 7) is 3.89. The number of rotatable bonds is 3. The first kappa shape index (κ1) is 13.1. The molecule has 0 spiro atoms. The summed E-state index contributed by atoms with van der Waals surface area (Å²) in [4.78, 5) is 4.29. The molecule has 1 N–H and O–H groups in total. The zero-order valence-corrected chi connectivity index (χ0v) is 11.9. The summed E-state index contributed by atoms with van der Waals surface area (Å²) in [5.74, 6) is 1.29. The van der Waals surface area contributed by atoms with E-state index in [1.165, 1.54) is 0 Å². The molecule has 106 valence electrons. The van der Waals surface area contributed by atoms with Gasteiger partial charge in [-0.1, -0.05) is 19.1 Å². The summed E-state index contributed by atoms with van der Waals surface area (Å²) < 4.78 is 7.20. The molecular weight excluding hydrogens is 252 g/mol. The lowest BCUT2D eigenvalue weighted by atomic mass is 9.97. The van der Waals surface area contributed by atoms with E-state index in [4.69, 9.17) is 4.74 Å². The van der Waals surface area contributed by atoms with Crippen molar-refractivity contribution in [1.29, 1.82) is 0 Å². The summed E-state index contributed by atoms with van der Waals surface area (Å²) in [6, 6.07) is 8.74. The number of anilines is 1. The van der Waals surface area contributed by atoms with Crippen molar-refractivity contribution in [3.63, 3.8) is 0 Å². The van der Waals surface area contributed by atoms with Gasteiger partial charge in [-0.25, -0.2) is 4.98 Å². The number of hydrogen-bond donors (Lipinski definition) is 1. The fourth-order valence-corrected chi connectivity index (χ4v) is 2.53. The molecule has 1 fully saturated rings. The fraction of sp³-hybridized carbons (Fsp3) is 0.467. The van der Waals surface area contributed by atoms with Gasteiger partial charge in [-0.05, 0) is 24.5 Å². The number of aromatic nitrogens is 3. The predicted octanol–water partition coefficient (Wildman–Crippen LogP) is 2.32. The number of aryl methyl sites for hydroxylation is 1. The Hall–Kier alpha value is -1.88. The Balaban J connectivity index is 1.77. The Morgan fingerprint density at radius 2 is 2.30 bits per heavy atom. The van der Waals surface area contributed by atoms with Crippen LogP contribution in [-0.2, 0) is 11.8 Å². The molecule has 0 bridgehead atoms. The Kier molecular flexibility index (Phi) is 3.69. The highest BCUT2D eigenvalue weighted by Gasteiger charge is 2.21. The van der Waals surface area contributed by atoms with Gasteiger partial charge in [0, 0.05) is 30.9 Å². The van der Waals surface area contributed by atoms with Crippen LogP contribution in [0.5, 0.6) is 0 Å². The second kappa shape index (κ2) is 5.63. The van der Waals surface area contributed by atoms with Crippen LogP contribution in [0.2, 0.25) is 0 Å². The standard InChI is InChI=1S/C15H20N4O/c1-11-9-20-7-6-14(11)17-13-5-3-4-12(8-13)15-16-10-19(2)18-15/h3-5,8,10-11,14,17H,6-7,9H2,1-2H3. The maximum atomic E-state index is 5.48. The highest BCUT2D eigenvalue weighted by Crippen LogP contribution is 2.23. The van der Waals surface area contributed by atoms with E-state index in [1.54, 1.807) is 11.0 Å². The first-order valence-corrected chi connectivity index (χ1v) is 7.03. The molecule has 0 saturated carbocycles. The van der Waals surface area contributed by atoms with Crippen molar-refractivity contribution in [3.05, 3.63) is 30.6 Å². The number of nitrogens with zero attached hydrogens (tertiary/aromatic N) is 3. The molecule has 0 amide bonds. The Morgan fingerprint density at radius 3 is 3.05 bits per heavy atom. The van der Waals surface area contributed by atoms with Crippen LogP contribution >= 0.6 is 0 Å². The number of nitrogens with one attached hydrogen (secondary N) is 1. The van der Waals surface area contributed by atoms with Crippen LogP contribution in [0, 0.1) is 5.92 Å². The quantitative estimate of drug-likeness (QED) is 0.931. The molecule has 0 radical (unpaired) electrons. The molecule has 2 heterocycles. The van der Waals surface area contributed by atoms with Crippen molar-refractivity contribution < 1.29 is 4.74 Å². The highest BCUT2D eigenvalue weighted by molar-refractivity contribution is 5.62. The second-order valence-corrected chi connectivity index (χ2v) is 5.41. The third-order valence-electron chi connectivity index (χ3n) is 3.71. The average molecular weight is 272 g/mol. The molecule has 3 rings (SSSR count). The summed E-state index contributed by atoms with van der Waals surface area (Å²) >= 11 is 0. The Bertz CT molecular complexity index is 581. The topological polar surface area (TPSA) is 52.0 Å². The van der Waals surface area contributed by atoms with Crippen molar-refractivity contribution in [3.8, 4) is 11.4 Å². The minimum absolute atomic E-state index is 0.468. The normalized spacial score (nSPS) is 22.7. The number of benzene rings is 1. The lowest BCUT2D eigenvalue weighted by Crippen LogP contribution is -2.35. The lowest BCUT2D eigenvalue weighted by Gasteiger charge is -2.30. The zero-order chi connectivity index (χ0) is 13.9. The molecule has 1 aliphatic rings. The average Bonchev–Trinajstić information content (AvgIpc) is 2.89. The van der Waals surface area contributed by atoms with Gasteiger partial charge in [0.2, 0.25) is 0 Å². The summed E-state index contributed by atoms with van der Waals surface area (Å²) in [5, 5.41) is 7.95. The van der Waals surface area contributed by atoms with E-state index in [-0.39, 0.29) is 0 Å². The van der Waals surface area contributed by atoms with Crippen LogP contribution in [0.15, 0.2) is 30.6 Å². The van der Waals surface area contributed by atoms with Gasteiger partial charge in [-0.3, -0.25) is 4.68 Å². The molecule has 2 unspecified atom stereocenters. The molecule has 1 aromatic carbocycles. The van der Waals surface area contributed by atoms with Crippen LogP contribution in [0.1, 0.15) is 13.3 Å². The molecule has 1 aliphatic heterocycles. The van der Waals surface area contributed by atoms with Crippen molar-refractivity contribution in [2.75, 3.05) is 18.5 Å². The number of ether oxygens (including phenoxy) is 1. The van der Waals surface area contributed by atoms with E-state index in [9.17, 15) is 0 Å². The first-order chi connectivity index (χ1) is 9.72. The molecule has 2 aromatic rings. The molecule has 20 heavy (non-hydrogen) atoms. The Morgan fingerprint density at radius 1 is 1.40 bits per heavy atom.